The van der Waals surface area contributed by atoms with Crippen molar-refractivity contribution in [3.63, 3.8) is 0 Å². The van der Waals surface area contributed by atoms with E-state index in [0.717, 1.165) is 49.1 Å². The van der Waals surface area contributed by atoms with Crippen LogP contribution < -0.4 is 16.0 Å². The Morgan fingerprint density at radius 2 is 2.07 bits per heavy atom. The third-order valence-corrected chi connectivity index (χ3v) is 4.23. The number of guanidine groups is 1. The van der Waals surface area contributed by atoms with Crippen molar-refractivity contribution in [1.82, 2.24) is 25.4 Å². The second-order valence-electron chi connectivity index (χ2n) is 7.26. The van der Waals surface area contributed by atoms with Crippen LogP contribution in [-0.2, 0) is 24.3 Å². The maximum absolute atomic E-state index is 12.0. The fourth-order valence-corrected chi connectivity index (χ4v) is 2.88. The van der Waals surface area contributed by atoms with Crippen molar-refractivity contribution in [2.45, 2.75) is 53.6 Å². The van der Waals surface area contributed by atoms with Crippen LogP contribution in [0.2, 0.25) is 0 Å². The minimum Gasteiger partial charge on any atom is -0.357 e. The van der Waals surface area contributed by atoms with Crippen molar-refractivity contribution in [2.24, 2.45) is 10.9 Å². The molecule has 0 saturated carbocycles. The number of aromatic nitrogens is 3. The lowest BCUT2D eigenvalue weighted by Crippen LogP contribution is -2.38. The van der Waals surface area contributed by atoms with Gasteiger partial charge in [0.25, 0.3) is 0 Å². The van der Waals surface area contributed by atoms with Gasteiger partial charge in [-0.2, -0.15) is 0 Å². The molecule has 3 N–H and O–H groups in total. The number of nitrogens with zero attached hydrogens (tertiary/aromatic N) is 4. The molecule has 158 valence electrons. The van der Waals surface area contributed by atoms with Crippen LogP contribution in [0, 0.1) is 5.92 Å². The van der Waals surface area contributed by atoms with E-state index in [0.29, 0.717) is 18.9 Å². The number of amides is 1. The van der Waals surface area contributed by atoms with Crippen LogP contribution in [0.1, 0.15) is 45.5 Å². The summed E-state index contributed by atoms with van der Waals surface area (Å²) < 4.78 is 2.04. The van der Waals surface area contributed by atoms with E-state index in [4.69, 9.17) is 0 Å². The molecule has 0 aliphatic heterocycles. The highest BCUT2D eigenvalue weighted by Crippen LogP contribution is 2.13. The second kappa shape index (κ2) is 11.8. The van der Waals surface area contributed by atoms with Gasteiger partial charge in [-0.15, -0.1) is 10.2 Å². The van der Waals surface area contributed by atoms with Gasteiger partial charge in [-0.1, -0.05) is 32.9 Å². The maximum atomic E-state index is 12.0. The van der Waals surface area contributed by atoms with Gasteiger partial charge in [0.1, 0.15) is 12.2 Å². The number of anilines is 1. The lowest BCUT2D eigenvalue weighted by atomic mass is 10.1. The monoisotopic (exact) mass is 399 g/mol. The molecule has 8 heteroatoms. The Kier molecular flexibility index (Phi) is 9.14. The van der Waals surface area contributed by atoms with Crippen LogP contribution in [0.25, 0.3) is 0 Å². The van der Waals surface area contributed by atoms with Gasteiger partial charge in [-0.25, -0.2) is 4.99 Å². The van der Waals surface area contributed by atoms with Crippen molar-refractivity contribution in [2.75, 3.05) is 18.4 Å². The minimum absolute atomic E-state index is 0.0381. The molecule has 0 bridgehead atoms. The summed E-state index contributed by atoms with van der Waals surface area (Å²) in [6.45, 7) is 11.0. The minimum atomic E-state index is 0.0381. The van der Waals surface area contributed by atoms with Crippen molar-refractivity contribution < 1.29 is 4.79 Å². The van der Waals surface area contributed by atoms with Crippen molar-refractivity contribution in [3.8, 4) is 0 Å². The van der Waals surface area contributed by atoms with E-state index in [9.17, 15) is 4.79 Å². The number of benzene rings is 1. The highest BCUT2D eigenvalue weighted by molar-refractivity contribution is 5.90. The lowest BCUT2D eigenvalue weighted by molar-refractivity contribution is -0.116. The van der Waals surface area contributed by atoms with Gasteiger partial charge in [0, 0.05) is 38.2 Å². The summed E-state index contributed by atoms with van der Waals surface area (Å²) in [5.74, 6) is 2.11. The predicted molar refractivity (Wildman–Crippen MR) is 117 cm³/mol. The maximum Gasteiger partial charge on any atom is 0.224 e. The van der Waals surface area contributed by atoms with Crippen molar-refractivity contribution >= 4 is 17.6 Å². The average molecular weight is 400 g/mol. The van der Waals surface area contributed by atoms with Gasteiger partial charge < -0.3 is 20.5 Å². The summed E-state index contributed by atoms with van der Waals surface area (Å²) in [4.78, 5) is 16.6. The highest BCUT2D eigenvalue weighted by atomic mass is 16.1. The molecule has 1 aromatic heterocycles. The third kappa shape index (κ3) is 7.93. The summed E-state index contributed by atoms with van der Waals surface area (Å²) in [5, 5.41) is 17.6. The smallest absolute Gasteiger partial charge is 0.224 e. The normalized spacial score (nSPS) is 11.6. The molecule has 0 aliphatic rings. The van der Waals surface area contributed by atoms with E-state index >= 15 is 0 Å². The molecule has 1 aromatic carbocycles. The number of aliphatic imine (C=N–C) groups is 1. The molecule has 8 nitrogen and oxygen atoms in total. The predicted octanol–water partition coefficient (Wildman–Crippen LogP) is 2.58. The lowest BCUT2D eigenvalue weighted by Gasteiger charge is -2.12. The Morgan fingerprint density at radius 3 is 2.79 bits per heavy atom. The molecule has 0 spiro atoms. The molecule has 29 heavy (non-hydrogen) atoms. The van der Waals surface area contributed by atoms with Gasteiger partial charge in [0.05, 0.1) is 6.54 Å². The standard InChI is InChI=1S/C21H33N7O/c1-5-19-27-25-15-28(19)11-10-23-21(22-6-2)24-14-17-8-7-9-18(13-17)26-20(29)12-16(3)4/h7-9,13,15-16H,5-6,10-12,14H2,1-4H3,(H,26,29)(H2,22,23,24). The number of hydrogen-bond donors (Lipinski definition) is 3. The average Bonchev–Trinajstić information content (AvgIpc) is 3.13. The van der Waals surface area contributed by atoms with E-state index in [1.54, 1.807) is 6.33 Å². The molecule has 0 radical (unpaired) electrons. The molecule has 1 heterocycles. The number of carbonyl (C=O) groups is 1. The third-order valence-electron chi connectivity index (χ3n) is 4.23. The van der Waals surface area contributed by atoms with E-state index in [1.807, 2.05) is 49.6 Å². The van der Waals surface area contributed by atoms with Crippen LogP contribution in [0.4, 0.5) is 5.69 Å². The van der Waals surface area contributed by atoms with Crippen molar-refractivity contribution in [3.05, 3.63) is 42.0 Å². The Hall–Kier alpha value is -2.90. The fraction of sp³-hybridized carbons (Fsp3) is 0.524. The van der Waals surface area contributed by atoms with Crippen LogP contribution >= 0.6 is 0 Å². The van der Waals surface area contributed by atoms with E-state index in [-0.39, 0.29) is 5.91 Å². The SMILES string of the molecule is CCNC(=NCc1cccc(NC(=O)CC(C)C)c1)NCCn1cnnc1CC. The summed E-state index contributed by atoms with van der Waals surface area (Å²) >= 11 is 0. The quantitative estimate of drug-likeness (QED) is 0.421. The van der Waals surface area contributed by atoms with Crippen LogP contribution in [0.5, 0.6) is 0 Å². The molecular formula is C21H33N7O. The summed E-state index contributed by atoms with van der Waals surface area (Å²) in [5.41, 5.74) is 1.85. The summed E-state index contributed by atoms with van der Waals surface area (Å²) in [6, 6.07) is 7.82. The Labute approximate surface area is 173 Å². The Bertz CT molecular complexity index is 798. The first kappa shape index (κ1) is 22.4. The van der Waals surface area contributed by atoms with E-state index < -0.39 is 0 Å². The first-order chi connectivity index (χ1) is 14.0. The Balaban J connectivity index is 1.91. The first-order valence-corrected chi connectivity index (χ1v) is 10.3. The molecule has 0 unspecified atom stereocenters. The first-order valence-electron chi connectivity index (χ1n) is 10.3. The number of carbonyl (C=O) groups excluding carboxylic acids is 1. The molecule has 2 aromatic rings. The molecule has 0 saturated heterocycles. The van der Waals surface area contributed by atoms with E-state index in [2.05, 4.69) is 38.1 Å². The Morgan fingerprint density at radius 1 is 1.24 bits per heavy atom. The summed E-state index contributed by atoms with van der Waals surface area (Å²) in [7, 11) is 0. The molecule has 0 aliphatic carbocycles. The zero-order chi connectivity index (χ0) is 21.1. The van der Waals surface area contributed by atoms with Crippen molar-refractivity contribution in [1.29, 1.82) is 0 Å². The largest absolute Gasteiger partial charge is 0.357 e. The van der Waals surface area contributed by atoms with Crippen LogP contribution in [0.15, 0.2) is 35.6 Å². The number of aryl methyl sites for hydroxylation is 1. The fourth-order valence-electron chi connectivity index (χ4n) is 2.88. The van der Waals surface area contributed by atoms with Gasteiger partial charge in [-0.05, 0) is 30.5 Å². The molecule has 1 amide bonds. The molecule has 0 atom stereocenters. The zero-order valence-electron chi connectivity index (χ0n) is 17.9. The summed E-state index contributed by atoms with van der Waals surface area (Å²) in [6.07, 6.45) is 3.13. The van der Waals surface area contributed by atoms with Crippen LogP contribution in [-0.4, -0.2) is 39.7 Å². The topological polar surface area (TPSA) is 96.2 Å². The molecule has 2 rings (SSSR count). The molecular weight excluding hydrogens is 366 g/mol. The van der Waals surface area contributed by atoms with Gasteiger partial charge in [-0.3, -0.25) is 4.79 Å². The highest BCUT2D eigenvalue weighted by Gasteiger charge is 2.06. The second-order valence-corrected chi connectivity index (χ2v) is 7.26. The molecule has 0 fully saturated rings. The van der Waals surface area contributed by atoms with Gasteiger partial charge in [0.2, 0.25) is 5.91 Å². The van der Waals surface area contributed by atoms with Gasteiger partial charge in [0.15, 0.2) is 5.96 Å². The van der Waals surface area contributed by atoms with Crippen LogP contribution in [0.3, 0.4) is 0 Å². The number of nitrogens with one attached hydrogen (secondary N) is 3. The zero-order valence-corrected chi connectivity index (χ0v) is 17.9. The number of rotatable bonds is 10. The number of hydrogen-bond acceptors (Lipinski definition) is 4. The van der Waals surface area contributed by atoms with E-state index in [1.165, 1.54) is 0 Å². The van der Waals surface area contributed by atoms with Gasteiger partial charge >= 0.3 is 0 Å².